The molecule has 2 aromatic rings. The van der Waals surface area contributed by atoms with Gasteiger partial charge in [-0.05, 0) is 57.7 Å². The number of aromatic nitrogens is 2. The zero-order valence-electron chi connectivity index (χ0n) is 20.1. The smallest absolute Gasteiger partial charge is 0.218 e. The number of rotatable bonds is 8. The number of thiophene rings is 1. The lowest BCUT2D eigenvalue weighted by atomic mass is 9.81. The number of aryl methyl sites for hydroxylation is 1. The largest absolute Gasteiger partial charge is 0.511 e. The van der Waals surface area contributed by atoms with Gasteiger partial charge in [0.1, 0.15) is 34.3 Å². The van der Waals surface area contributed by atoms with Gasteiger partial charge in [0.05, 0.1) is 5.56 Å². The van der Waals surface area contributed by atoms with Crippen LogP contribution in [0.1, 0.15) is 73.2 Å². The van der Waals surface area contributed by atoms with Crippen molar-refractivity contribution in [3.05, 3.63) is 44.4 Å². The standard InChI is InChI=1S/C25H31ClN6O2S/c1-3-6-16(23(33)15-8-4-9-18-21(15)17(12-27)24(29)35-18)22(28)25-30-19(26)11-20(31-25)34-13-14-7-5-10-32(14)2/h11,14-15,28,33H,3-10,13,29H2,1-2H3/b23-16-,28-22?/t14-,15-/m0/s1. The summed E-state index contributed by atoms with van der Waals surface area (Å²) in [5.74, 6) is 0.142. The number of allylic oxidation sites excluding steroid dienone is 2. The van der Waals surface area contributed by atoms with E-state index in [4.69, 9.17) is 27.5 Å². The van der Waals surface area contributed by atoms with Crippen molar-refractivity contribution in [1.29, 1.82) is 10.7 Å². The summed E-state index contributed by atoms with van der Waals surface area (Å²) in [6.07, 6.45) is 5.79. The van der Waals surface area contributed by atoms with E-state index in [0.29, 0.717) is 47.5 Å². The second-order valence-electron chi connectivity index (χ2n) is 9.16. The minimum atomic E-state index is -0.378. The highest BCUT2D eigenvalue weighted by atomic mass is 35.5. The number of fused-ring (bicyclic) bond motifs is 1. The molecule has 0 unspecified atom stereocenters. The number of hydrogen-bond acceptors (Lipinski definition) is 9. The van der Waals surface area contributed by atoms with Crippen molar-refractivity contribution >= 4 is 33.7 Å². The Bertz CT molecular complexity index is 1190. The van der Waals surface area contributed by atoms with Crippen molar-refractivity contribution in [3.8, 4) is 11.9 Å². The second kappa shape index (κ2) is 10.9. The molecule has 1 aliphatic carbocycles. The SMILES string of the molecule is CCC/C(C(=N)c1nc(Cl)cc(OC[C@@H]2CCCN2C)n1)=C(/O)[C@H]1CCCc2sc(N)c(C#N)c21. The average molecular weight is 515 g/mol. The fraction of sp³-hybridized carbons (Fsp3) is 0.520. The molecular formula is C25H31ClN6O2S. The van der Waals surface area contributed by atoms with Crippen LogP contribution in [0, 0.1) is 16.7 Å². The van der Waals surface area contributed by atoms with E-state index < -0.39 is 0 Å². The van der Waals surface area contributed by atoms with E-state index in [-0.39, 0.29) is 28.4 Å². The highest BCUT2D eigenvalue weighted by molar-refractivity contribution is 7.16. The lowest BCUT2D eigenvalue weighted by molar-refractivity contribution is 0.193. The fourth-order valence-electron chi connectivity index (χ4n) is 5.00. The third-order valence-corrected chi connectivity index (χ3v) is 8.13. The van der Waals surface area contributed by atoms with Crippen LogP contribution in [0.2, 0.25) is 5.15 Å². The molecule has 0 bridgehead atoms. The summed E-state index contributed by atoms with van der Waals surface area (Å²) in [6.45, 7) is 3.52. The lowest BCUT2D eigenvalue weighted by Crippen LogP contribution is -2.30. The van der Waals surface area contributed by atoms with Gasteiger partial charge in [-0.25, -0.2) is 4.98 Å². The van der Waals surface area contributed by atoms with Gasteiger partial charge in [0, 0.05) is 28.5 Å². The van der Waals surface area contributed by atoms with E-state index in [1.807, 2.05) is 6.92 Å². The first-order valence-corrected chi connectivity index (χ1v) is 13.2. The Balaban J connectivity index is 1.65. The molecule has 1 aliphatic heterocycles. The first-order valence-electron chi connectivity index (χ1n) is 12.0. The number of likely N-dealkylation sites (N-methyl/N-ethyl adjacent to an activating group) is 1. The molecule has 8 nitrogen and oxygen atoms in total. The summed E-state index contributed by atoms with van der Waals surface area (Å²) >= 11 is 7.69. The summed E-state index contributed by atoms with van der Waals surface area (Å²) < 4.78 is 5.93. The second-order valence-corrected chi connectivity index (χ2v) is 10.7. The molecule has 1 fully saturated rings. The molecule has 2 aromatic heterocycles. The number of nitrogens with one attached hydrogen (secondary N) is 1. The number of nitrogens with zero attached hydrogens (tertiary/aromatic N) is 4. The average Bonchev–Trinajstić information content (AvgIpc) is 3.40. The minimum absolute atomic E-state index is 0.0171. The van der Waals surface area contributed by atoms with Gasteiger partial charge in [-0.3, -0.25) is 5.41 Å². The summed E-state index contributed by atoms with van der Waals surface area (Å²) in [5.41, 5.74) is 7.82. The van der Waals surface area contributed by atoms with E-state index in [1.165, 1.54) is 11.3 Å². The van der Waals surface area contributed by atoms with Gasteiger partial charge in [-0.2, -0.15) is 10.2 Å². The van der Waals surface area contributed by atoms with Crippen molar-refractivity contribution in [1.82, 2.24) is 14.9 Å². The van der Waals surface area contributed by atoms with E-state index in [1.54, 1.807) is 6.07 Å². The van der Waals surface area contributed by atoms with Crippen molar-refractivity contribution in [2.45, 2.75) is 63.8 Å². The van der Waals surface area contributed by atoms with E-state index in [9.17, 15) is 10.4 Å². The predicted octanol–water partition coefficient (Wildman–Crippen LogP) is 5.22. The zero-order valence-corrected chi connectivity index (χ0v) is 21.7. The van der Waals surface area contributed by atoms with Crippen LogP contribution in [0.4, 0.5) is 5.00 Å². The molecule has 10 heteroatoms. The highest BCUT2D eigenvalue weighted by Gasteiger charge is 2.32. The van der Waals surface area contributed by atoms with Gasteiger partial charge >= 0.3 is 0 Å². The molecule has 35 heavy (non-hydrogen) atoms. The number of anilines is 1. The maximum Gasteiger partial charge on any atom is 0.218 e. The van der Waals surface area contributed by atoms with E-state index in [0.717, 1.165) is 49.1 Å². The Morgan fingerprint density at radius 3 is 2.89 bits per heavy atom. The van der Waals surface area contributed by atoms with Crippen molar-refractivity contribution in [2.75, 3.05) is 25.9 Å². The number of aliphatic hydroxyl groups is 1. The molecule has 3 heterocycles. The van der Waals surface area contributed by atoms with Crippen LogP contribution in [0.5, 0.6) is 5.88 Å². The van der Waals surface area contributed by atoms with Gasteiger partial charge in [0.25, 0.3) is 0 Å². The van der Waals surface area contributed by atoms with E-state index >= 15 is 0 Å². The maximum absolute atomic E-state index is 11.5. The third-order valence-electron chi connectivity index (χ3n) is 6.84. The number of halogens is 1. The molecule has 2 aliphatic rings. The molecule has 0 amide bonds. The molecule has 0 spiro atoms. The summed E-state index contributed by atoms with van der Waals surface area (Å²) in [5, 5.41) is 30.7. The Labute approximate surface area is 214 Å². The van der Waals surface area contributed by atoms with Gasteiger partial charge in [-0.1, -0.05) is 24.9 Å². The normalized spacial score (nSPS) is 20.7. The van der Waals surface area contributed by atoms with Gasteiger partial charge in [-0.15, -0.1) is 11.3 Å². The number of ether oxygens (including phenoxy) is 1. The quantitative estimate of drug-likeness (QED) is 0.250. The Kier molecular flexibility index (Phi) is 7.95. The molecule has 0 radical (unpaired) electrons. The predicted molar refractivity (Wildman–Crippen MR) is 139 cm³/mol. The summed E-state index contributed by atoms with van der Waals surface area (Å²) in [4.78, 5) is 12.0. The van der Waals surface area contributed by atoms with Crippen LogP contribution in [0.15, 0.2) is 17.4 Å². The lowest BCUT2D eigenvalue weighted by Gasteiger charge is -2.25. The molecule has 1 saturated heterocycles. The van der Waals surface area contributed by atoms with Crippen molar-refractivity contribution < 1.29 is 9.84 Å². The van der Waals surface area contributed by atoms with Crippen LogP contribution in [0.3, 0.4) is 0 Å². The molecule has 0 saturated carbocycles. The van der Waals surface area contributed by atoms with Crippen molar-refractivity contribution in [2.24, 2.45) is 0 Å². The van der Waals surface area contributed by atoms with Gasteiger partial charge in [0.2, 0.25) is 5.88 Å². The minimum Gasteiger partial charge on any atom is -0.511 e. The number of hydrogen-bond donors (Lipinski definition) is 3. The number of aliphatic hydroxyl groups excluding tert-OH is 1. The summed E-state index contributed by atoms with van der Waals surface area (Å²) in [7, 11) is 2.08. The highest BCUT2D eigenvalue weighted by Crippen LogP contribution is 2.45. The molecule has 4 N–H and O–H groups in total. The maximum atomic E-state index is 11.5. The molecule has 186 valence electrons. The molecule has 0 aromatic carbocycles. The zero-order chi connectivity index (χ0) is 25.1. The molecule has 2 atom stereocenters. The number of nitriles is 1. The molecular weight excluding hydrogens is 484 g/mol. The Morgan fingerprint density at radius 2 is 2.20 bits per heavy atom. The topological polar surface area (TPSA) is 132 Å². The third kappa shape index (κ3) is 5.30. The van der Waals surface area contributed by atoms with Gasteiger partial charge in [0.15, 0.2) is 5.82 Å². The van der Waals surface area contributed by atoms with Crippen LogP contribution in [-0.4, -0.2) is 51.9 Å². The Morgan fingerprint density at radius 1 is 1.40 bits per heavy atom. The number of nitrogen functional groups attached to an aromatic ring is 1. The van der Waals surface area contributed by atoms with Crippen LogP contribution < -0.4 is 10.5 Å². The van der Waals surface area contributed by atoms with Crippen LogP contribution in [-0.2, 0) is 6.42 Å². The van der Waals surface area contributed by atoms with Crippen LogP contribution in [0.25, 0.3) is 0 Å². The van der Waals surface area contributed by atoms with Gasteiger partial charge < -0.3 is 20.5 Å². The van der Waals surface area contributed by atoms with E-state index in [2.05, 4.69) is 28.0 Å². The van der Waals surface area contributed by atoms with Crippen LogP contribution >= 0.6 is 22.9 Å². The van der Waals surface area contributed by atoms with Crippen molar-refractivity contribution in [3.63, 3.8) is 0 Å². The first kappa shape index (κ1) is 25.4. The Hall–Kier alpha value is -2.67. The number of likely N-dealkylation sites (tertiary alicyclic amines) is 1. The molecule has 4 rings (SSSR count). The fourth-order valence-corrected chi connectivity index (χ4v) is 6.29. The number of nitrogens with two attached hydrogens (primary N) is 1. The first-order chi connectivity index (χ1) is 16.8. The monoisotopic (exact) mass is 514 g/mol. The summed E-state index contributed by atoms with van der Waals surface area (Å²) in [6, 6.07) is 4.08.